The molecule has 1 nitrogen and oxygen atoms in total. The Kier molecular flexibility index (Phi) is 2.37. The van der Waals surface area contributed by atoms with E-state index in [1.165, 1.54) is 41.3 Å². The third-order valence-corrected chi connectivity index (χ3v) is 4.08. The first-order valence-corrected chi connectivity index (χ1v) is 6.88. The fourth-order valence-electron chi connectivity index (χ4n) is 3.21. The maximum Gasteiger partial charge on any atom is 0.0708 e. The molecule has 19 heavy (non-hydrogen) atoms. The van der Waals surface area contributed by atoms with Crippen molar-refractivity contribution in [2.45, 2.75) is 19.3 Å². The van der Waals surface area contributed by atoms with E-state index in [-0.39, 0.29) is 0 Å². The molecule has 0 radical (unpaired) electrons. The van der Waals surface area contributed by atoms with Crippen LogP contribution in [-0.4, -0.2) is 4.98 Å². The average Bonchev–Trinajstić information content (AvgIpc) is 2.95. The predicted molar refractivity (Wildman–Crippen MR) is 79.2 cm³/mol. The van der Waals surface area contributed by atoms with Crippen LogP contribution in [-0.2, 0) is 12.8 Å². The van der Waals surface area contributed by atoms with Gasteiger partial charge in [0, 0.05) is 11.6 Å². The molecule has 0 amide bonds. The van der Waals surface area contributed by atoms with Gasteiger partial charge in [0.2, 0.25) is 0 Å². The summed E-state index contributed by atoms with van der Waals surface area (Å²) in [5.41, 5.74) is 6.87. The standard InChI is InChI=1S/C18H15N/c1-5-13-6-2-8-15(14(13)7-1)16-9-3-11-18-17(16)10-4-12-19-18/h2-4,6,8-12H,1,5,7H2. The Hall–Kier alpha value is -2.15. The van der Waals surface area contributed by atoms with Crippen molar-refractivity contribution in [2.24, 2.45) is 0 Å². The van der Waals surface area contributed by atoms with Crippen molar-refractivity contribution in [3.63, 3.8) is 0 Å². The Morgan fingerprint density at radius 3 is 2.68 bits per heavy atom. The third kappa shape index (κ3) is 1.66. The summed E-state index contributed by atoms with van der Waals surface area (Å²) in [5, 5.41) is 1.25. The van der Waals surface area contributed by atoms with Crippen molar-refractivity contribution >= 4 is 10.9 Å². The zero-order valence-corrected chi connectivity index (χ0v) is 10.8. The van der Waals surface area contributed by atoms with E-state index in [0.29, 0.717) is 0 Å². The summed E-state index contributed by atoms with van der Waals surface area (Å²) in [6, 6.07) is 17.3. The van der Waals surface area contributed by atoms with E-state index in [0.717, 1.165) is 5.52 Å². The molecule has 0 fully saturated rings. The lowest BCUT2D eigenvalue weighted by Gasteiger charge is -2.11. The number of nitrogens with zero attached hydrogens (tertiary/aromatic N) is 1. The van der Waals surface area contributed by atoms with Crippen LogP contribution in [0.25, 0.3) is 22.0 Å². The smallest absolute Gasteiger partial charge is 0.0708 e. The summed E-state index contributed by atoms with van der Waals surface area (Å²) in [6.07, 6.45) is 5.59. The molecule has 0 atom stereocenters. The number of benzene rings is 2. The molecule has 0 aliphatic heterocycles. The first kappa shape index (κ1) is 10.7. The summed E-state index contributed by atoms with van der Waals surface area (Å²) in [7, 11) is 0. The van der Waals surface area contributed by atoms with E-state index in [1.54, 1.807) is 5.56 Å². The van der Waals surface area contributed by atoms with E-state index in [2.05, 4.69) is 47.4 Å². The van der Waals surface area contributed by atoms with Crippen LogP contribution in [0.4, 0.5) is 0 Å². The van der Waals surface area contributed by atoms with Crippen molar-refractivity contribution < 1.29 is 0 Å². The summed E-state index contributed by atoms with van der Waals surface area (Å²) < 4.78 is 0. The highest BCUT2D eigenvalue weighted by Crippen LogP contribution is 2.35. The van der Waals surface area contributed by atoms with E-state index in [1.807, 2.05) is 12.3 Å². The molecule has 1 heterocycles. The van der Waals surface area contributed by atoms with Gasteiger partial charge in [-0.25, -0.2) is 0 Å². The predicted octanol–water partition coefficient (Wildman–Crippen LogP) is 4.39. The van der Waals surface area contributed by atoms with Crippen molar-refractivity contribution in [3.8, 4) is 11.1 Å². The second kappa shape index (κ2) is 4.20. The third-order valence-electron chi connectivity index (χ3n) is 4.08. The normalized spacial score (nSPS) is 13.7. The van der Waals surface area contributed by atoms with Gasteiger partial charge in [0.15, 0.2) is 0 Å². The van der Waals surface area contributed by atoms with E-state index >= 15 is 0 Å². The van der Waals surface area contributed by atoms with E-state index < -0.39 is 0 Å². The van der Waals surface area contributed by atoms with Crippen LogP contribution in [0.1, 0.15) is 17.5 Å². The molecule has 0 saturated carbocycles. The Bertz CT molecular complexity index is 753. The number of pyridine rings is 1. The molecule has 0 saturated heterocycles. The molecule has 3 aromatic rings. The molecule has 0 spiro atoms. The van der Waals surface area contributed by atoms with Crippen LogP contribution < -0.4 is 0 Å². The highest BCUT2D eigenvalue weighted by molar-refractivity contribution is 5.95. The minimum atomic E-state index is 1.08. The molecular weight excluding hydrogens is 230 g/mol. The van der Waals surface area contributed by atoms with Gasteiger partial charge in [0.1, 0.15) is 0 Å². The van der Waals surface area contributed by atoms with Gasteiger partial charge in [-0.15, -0.1) is 0 Å². The summed E-state index contributed by atoms with van der Waals surface area (Å²) in [6.45, 7) is 0. The fourth-order valence-corrected chi connectivity index (χ4v) is 3.21. The van der Waals surface area contributed by atoms with Crippen molar-refractivity contribution in [3.05, 3.63) is 65.9 Å². The Balaban J connectivity index is 2.04. The lowest BCUT2D eigenvalue weighted by Crippen LogP contribution is -1.90. The minimum absolute atomic E-state index is 1.08. The summed E-state index contributed by atoms with van der Waals surface area (Å²) in [4.78, 5) is 4.46. The maximum absolute atomic E-state index is 4.46. The lowest BCUT2D eigenvalue weighted by atomic mass is 9.94. The van der Waals surface area contributed by atoms with Crippen LogP contribution in [0.2, 0.25) is 0 Å². The van der Waals surface area contributed by atoms with Crippen LogP contribution in [0.15, 0.2) is 54.7 Å². The van der Waals surface area contributed by atoms with Crippen molar-refractivity contribution in [2.75, 3.05) is 0 Å². The van der Waals surface area contributed by atoms with Gasteiger partial charge in [-0.3, -0.25) is 4.98 Å². The zero-order chi connectivity index (χ0) is 12.7. The quantitative estimate of drug-likeness (QED) is 0.619. The Morgan fingerprint density at radius 2 is 1.68 bits per heavy atom. The van der Waals surface area contributed by atoms with Gasteiger partial charge in [-0.2, -0.15) is 0 Å². The molecular formula is C18H15N. The first-order valence-electron chi connectivity index (χ1n) is 6.88. The Labute approximate surface area is 112 Å². The first-order chi connectivity index (χ1) is 9.43. The van der Waals surface area contributed by atoms with Crippen LogP contribution in [0.3, 0.4) is 0 Å². The molecule has 92 valence electrons. The van der Waals surface area contributed by atoms with Gasteiger partial charge < -0.3 is 0 Å². The number of rotatable bonds is 1. The SMILES string of the molecule is c1cc2c(c(-c3cccc4ncccc34)c1)CCC2. The number of fused-ring (bicyclic) bond motifs is 2. The minimum Gasteiger partial charge on any atom is -0.256 e. The van der Waals surface area contributed by atoms with Crippen LogP contribution >= 0.6 is 0 Å². The van der Waals surface area contributed by atoms with E-state index in [4.69, 9.17) is 0 Å². The van der Waals surface area contributed by atoms with Crippen LogP contribution in [0.5, 0.6) is 0 Å². The van der Waals surface area contributed by atoms with Crippen LogP contribution in [0, 0.1) is 0 Å². The molecule has 1 aliphatic carbocycles. The van der Waals surface area contributed by atoms with Gasteiger partial charge in [0.05, 0.1) is 5.52 Å². The van der Waals surface area contributed by atoms with Gasteiger partial charge >= 0.3 is 0 Å². The van der Waals surface area contributed by atoms with Gasteiger partial charge in [-0.05, 0) is 53.6 Å². The summed E-state index contributed by atoms with van der Waals surface area (Å²) >= 11 is 0. The molecule has 0 unspecified atom stereocenters. The molecule has 2 aromatic carbocycles. The molecule has 0 N–H and O–H groups in total. The summed E-state index contributed by atoms with van der Waals surface area (Å²) in [5.74, 6) is 0. The average molecular weight is 245 g/mol. The molecule has 0 bridgehead atoms. The highest BCUT2D eigenvalue weighted by atomic mass is 14.6. The van der Waals surface area contributed by atoms with Gasteiger partial charge in [0.25, 0.3) is 0 Å². The van der Waals surface area contributed by atoms with Crippen molar-refractivity contribution in [1.82, 2.24) is 4.98 Å². The maximum atomic E-state index is 4.46. The lowest BCUT2D eigenvalue weighted by molar-refractivity contribution is 0.912. The fraction of sp³-hybridized carbons (Fsp3) is 0.167. The molecule has 1 aliphatic rings. The number of aryl methyl sites for hydroxylation is 1. The number of hydrogen-bond donors (Lipinski definition) is 0. The van der Waals surface area contributed by atoms with E-state index in [9.17, 15) is 0 Å². The van der Waals surface area contributed by atoms with Crippen molar-refractivity contribution in [1.29, 1.82) is 0 Å². The second-order valence-corrected chi connectivity index (χ2v) is 5.17. The topological polar surface area (TPSA) is 12.9 Å². The molecule has 4 rings (SSSR count). The monoisotopic (exact) mass is 245 g/mol. The Morgan fingerprint density at radius 1 is 0.789 bits per heavy atom. The highest BCUT2D eigenvalue weighted by Gasteiger charge is 2.16. The largest absolute Gasteiger partial charge is 0.256 e. The number of aromatic nitrogens is 1. The molecule has 1 aromatic heterocycles. The van der Waals surface area contributed by atoms with Gasteiger partial charge in [-0.1, -0.05) is 36.4 Å². The zero-order valence-electron chi connectivity index (χ0n) is 10.8. The number of hydrogen-bond acceptors (Lipinski definition) is 1. The second-order valence-electron chi connectivity index (χ2n) is 5.17. The molecule has 1 heteroatoms.